The molecule has 0 amide bonds. The molecule has 0 bridgehead atoms. The summed E-state index contributed by atoms with van der Waals surface area (Å²) >= 11 is 0. The molecule has 10 heteroatoms. The van der Waals surface area contributed by atoms with E-state index in [-0.39, 0.29) is 5.69 Å². The summed E-state index contributed by atoms with van der Waals surface area (Å²) in [5, 5.41) is 11.1. The lowest BCUT2D eigenvalue weighted by atomic mass is 10.2. The van der Waals surface area contributed by atoms with Crippen LogP contribution in [0, 0.1) is 17.0 Å². The Labute approximate surface area is 155 Å². The molecule has 3 rings (SSSR count). The zero-order valence-electron chi connectivity index (χ0n) is 14.5. The van der Waals surface area contributed by atoms with Gasteiger partial charge in [0, 0.05) is 18.3 Å². The number of nitrogens with zero attached hydrogens (tertiary/aromatic N) is 3. The Hall–Kier alpha value is -3.40. The van der Waals surface area contributed by atoms with Gasteiger partial charge in [-0.2, -0.15) is 0 Å². The van der Waals surface area contributed by atoms with E-state index < -0.39 is 25.5 Å². The molecule has 0 aliphatic heterocycles. The number of hydrogen-bond donors (Lipinski definition) is 1. The first-order chi connectivity index (χ1) is 12.8. The maximum Gasteiger partial charge on any atom is 0.289 e. The Morgan fingerprint density at radius 3 is 2.59 bits per heavy atom. The van der Waals surface area contributed by atoms with Crippen molar-refractivity contribution in [2.24, 2.45) is 0 Å². The van der Waals surface area contributed by atoms with Crippen LogP contribution in [-0.4, -0.2) is 30.0 Å². The van der Waals surface area contributed by atoms with Crippen molar-refractivity contribution in [1.29, 1.82) is 0 Å². The summed E-state index contributed by atoms with van der Waals surface area (Å²) in [4.78, 5) is 14.1. The van der Waals surface area contributed by atoms with Crippen molar-refractivity contribution in [3.05, 3.63) is 70.8 Å². The van der Waals surface area contributed by atoms with Crippen LogP contribution < -0.4 is 9.46 Å². The van der Waals surface area contributed by atoms with Gasteiger partial charge in [0.05, 0.1) is 35.4 Å². The fourth-order valence-corrected chi connectivity index (χ4v) is 3.78. The molecule has 140 valence electrons. The maximum atomic E-state index is 12.6. The average molecular weight is 388 g/mol. The fraction of sp³-hybridized carbons (Fsp3) is 0.118. The van der Waals surface area contributed by atoms with Gasteiger partial charge >= 0.3 is 0 Å². The first-order valence-electron chi connectivity index (χ1n) is 7.77. The van der Waals surface area contributed by atoms with Gasteiger partial charge in [-0.1, -0.05) is 12.1 Å². The zero-order chi connectivity index (χ0) is 19.6. The highest BCUT2D eigenvalue weighted by molar-refractivity contribution is 7.92. The third-order valence-electron chi connectivity index (χ3n) is 3.77. The Bertz CT molecular complexity index is 1110. The van der Waals surface area contributed by atoms with Crippen LogP contribution in [0.2, 0.25) is 0 Å². The van der Waals surface area contributed by atoms with E-state index in [1.165, 1.54) is 31.4 Å². The number of para-hydroxylation sites is 1. The molecule has 0 saturated carbocycles. The van der Waals surface area contributed by atoms with E-state index in [0.29, 0.717) is 11.4 Å². The predicted octanol–water partition coefficient (Wildman–Crippen LogP) is 2.90. The van der Waals surface area contributed by atoms with Crippen LogP contribution in [0.25, 0.3) is 5.69 Å². The number of nitro benzene ring substituents is 1. The molecule has 0 atom stereocenters. The van der Waals surface area contributed by atoms with Gasteiger partial charge in [-0.05, 0) is 25.1 Å². The summed E-state index contributed by atoms with van der Waals surface area (Å²) < 4.78 is 34.7. The fourth-order valence-electron chi connectivity index (χ4n) is 2.55. The molecule has 2 aromatic carbocycles. The Morgan fingerprint density at radius 1 is 1.22 bits per heavy atom. The highest BCUT2D eigenvalue weighted by Gasteiger charge is 2.25. The van der Waals surface area contributed by atoms with Crippen molar-refractivity contribution in [3.63, 3.8) is 0 Å². The second kappa shape index (κ2) is 7.08. The summed E-state index contributed by atoms with van der Waals surface area (Å²) in [5.74, 6) is 0.412. The number of aromatic nitrogens is 2. The van der Waals surface area contributed by atoms with E-state index in [0.717, 1.165) is 11.8 Å². The van der Waals surface area contributed by atoms with Crippen LogP contribution in [0.1, 0.15) is 5.69 Å². The van der Waals surface area contributed by atoms with Crippen molar-refractivity contribution >= 4 is 21.4 Å². The van der Waals surface area contributed by atoms with Crippen LogP contribution >= 0.6 is 0 Å². The van der Waals surface area contributed by atoms with E-state index in [9.17, 15) is 18.5 Å². The van der Waals surface area contributed by atoms with Crippen LogP contribution in [0.5, 0.6) is 5.75 Å². The summed E-state index contributed by atoms with van der Waals surface area (Å²) in [7, 11) is -2.69. The van der Waals surface area contributed by atoms with Crippen molar-refractivity contribution in [3.8, 4) is 11.4 Å². The average Bonchev–Trinajstić information content (AvgIpc) is 3.07. The lowest BCUT2D eigenvalue weighted by molar-refractivity contribution is -0.387. The highest BCUT2D eigenvalue weighted by atomic mass is 32.2. The third-order valence-corrected chi connectivity index (χ3v) is 5.20. The van der Waals surface area contributed by atoms with Crippen molar-refractivity contribution < 1.29 is 18.1 Å². The normalized spacial score (nSPS) is 11.2. The number of benzene rings is 2. The Morgan fingerprint density at radius 2 is 1.96 bits per heavy atom. The zero-order valence-corrected chi connectivity index (χ0v) is 15.3. The summed E-state index contributed by atoms with van der Waals surface area (Å²) in [6.07, 6.45) is 3.42. The number of hydrogen-bond acceptors (Lipinski definition) is 6. The van der Waals surface area contributed by atoms with Gasteiger partial charge in [0.1, 0.15) is 5.75 Å². The van der Waals surface area contributed by atoms with Gasteiger partial charge in [0.15, 0.2) is 4.90 Å². The quantitative estimate of drug-likeness (QED) is 0.513. The van der Waals surface area contributed by atoms with Gasteiger partial charge in [-0.15, -0.1) is 0 Å². The first kappa shape index (κ1) is 18.4. The van der Waals surface area contributed by atoms with Crippen molar-refractivity contribution in [2.45, 2.75) is 11.8 Å². The number of anilines is 1. The molecular weight excluding hydrogens is 372 g/mol. The van der Waals surface area contributed by atoms with Gasteiger partial charge < -0.3 is 9.30 Å². The summed E-state index contributed by atoms with van der Waals surface area (Å²) in [6.45, 7) is 1.85. The minimum absolute atomic E-state index is 0.214. The second-order valence-corrected chi connectivity index (χ2v) is 7.29. The molecular formula is C17H16N4O5S. The lowest BCUT2D eigenvalue weighted by Crippen LogP contribution is -2.15. The van der Waals surface area contributed by atoms with E-state index in [1.807, 2.05) is 6.92 Å². The molecule has 9 nitrogen and oxygen atoms in total. The van der Waals surface area contributed by atoms with Crippen LogP contribution in [0.4, 0.5) is 11.4 Å². The Balaban J connectivity index is 1.97. The number of imidazole rings is 1. The SMILES string of the molecule is COc1cc(NS(=O)(=O)c2ccccc2[N+](=O)[O-])ccc1-n1cnc(C)c1. The van der Waals surface area contributed by atoms with Crippen molar-refractivity contribution in [2.75, 3.05) is 11.8 Å². The molecule has 1 N–H and O–H groups in total. The number of nitrogens with one attached hydrogen (secondary N) is 1. The molecule has 0 fully saturated rings. The molecule has 0 unspecified atom stereocenters. The third kappa shape index (κ3) is 3.75. The Kier molecular flexibility index (Phi) is 4.82. The van der Waals surface area contributed by atoms with Crippen LogP contribution in [-0.2, 0) is 10.0 Å². The van der Waals surface area contributed by atoms with Gasteiger partial charge in [-0.25, -0.2) is 13.4 Å². The smallest absolute Gasteiger partial charge is 0.289 e. The van der Waals surface area contributed by atoms with E-state index in [4.69, 9.17) is 4.74 Å². The van der Waals surface area contributed by atoms with Gasteiger partial charge in [0.2, 0.25) is 0 Å². The topological polar surface area (TPSA) is 116 Å². The lowest BCUT2D eigenvalue weighted by Gasteiger charge is -2.13. The maximum absolute atomic E-state index is 12.6. The standard InChI is InChI=1S/C17H16N4O5S/c1-12-10-20(11-18-12)14-8-7-13(9-16(14)26-2)19-27(24,25)17-6-4-3-5-15(17)21(22)23/h3-11,19H,1-2H3. The molecule has 0 saturated heterocycles. The molecule has 3 aromatic rings. The molecule has 1 heterocycles. The molecule has 1 aromatic heterocycles. The van der Waals surface area contributed by atoms with E-state index >= 15 is 0 Å². The molecule has 0 aliphatic rings. The number of nitro groups is 1. The minimum atomic E-state index is -4.15. The summed E-state index contributed by atoms with van der Waals surface area (Å²) in [5.41, 5.74) is 1.21. The number of methoxy groups -OCH3 is 1. The van der Waals surface area contributed by atoms with Crippen molar-refractivity contribution in [1.82, 2.24) is 9.55 Å². The molecule has 0 radical (unpaired) electrons. The molecule has 0 spiro atoms. The first-order valence-corrected chi connectivity index (χ1v) is 9.25. The number of rotatable bonds is 6. The van der Waals surface area contributed by atoms with Gasteiger partial charge in [-0.3, -0.25) is 14.8 Å². The predicted molar refractivity (Wildman–Crippen MR) is 98.8 cm³/mol. The number of ether oxygens (including phenoxy) is 1. The largest absolute Gasteiger partial charge is 0.494 e. The van der Waals surface area contributed by atoms with Crippen LogP contribution in [0.3, 0.4) is 0 Å². The minimum Gasteiger partial charge on any atom is -0.494 e. The molecule has 0 aliphatic carbocycles. The number of aryl methyl sites for hydroxylation is 1. The summed E-state index contributed by atoms with van der Waals surface area (Å²) in [6, 6.07) is 9.85. The monoisotopic (exact) mass is 388 g/mol. The van der Waals surface area contributed by atoms with E-state index in [2.05, 4.69) is 9.71 Å². The highest BCUT2D eigenvalue weighted by Crippen LogP contribution is 2.30. The molecule has 27 heavy (non-hydrogen) atoms. The number of sulfonamides is 1. The van der Waals surface area contributed by atoms with Crippen LogP contribution in [0.15, 0.2) is 59.9 Å². The van der Waals surface area contributed by atoms with Gasteiger partial charge in [0.25, 0.3) is 15.7 Å². The van der Waals surface area contributed by atoms with E-state index in [1.54, 1.807) is 29.2 Å². The second-order valence-electron chi connectivity index (χ2n) is 5.64.